The maximum absolute atomic E-state index is 11.6. The van der Waals surface area contributed by atoms with Crippen molar-refractivity contribution in [2.24, 2.45) is 4.99 Å². The van der Waals surface area contributed by atoms with E-state index in [0.717, 1.165) is 5.56 Å². The van der Waals surface area contributed by atoms with Gasteiger partial charge in [-0.2, -0.15) is 0 Å². The molecule has 1 aromatic rings. The summed E-state index contributed by atoms with van der Waals surface area (Å²) in [6, 6.07) is 6.75. The molecule has 0 heterocycles. The van der Waals surface area contributed by atoms with Crippen molar-refractivity contribution in [1.29, 1.82) is 0 Å². The van der Waals surface area contributed by atoms with E-state index in [2.05, 4.69) is 20.3 Å². The molecule has 0 aromatic heterocycles. The van der Waals surface area contributed by atoms with Gasteiger partial charge in [-0.1, -0.05) is 12.1 Å². The van der Waals surface area contributed by atoms with Crippen LogP contribution in [0.2, 0.25) is 0 Å². The van der Waals surface area contributed by atoms with Crippen LogP contribution in [0, 0.1) is 0 Å². The zero-order chi connectivity index (χ0) is 13.6. The van der Waals surface area contributed by atoms with E-state index >= 15 is 0 Å². The van der Waals surface area contributed by atoms with E-state index in [1.165, 1.54) is 7.05 Å². The van der Waals surface area contributed by atoms with Gasteiger partial charge in [-0.15, -0.1) is 24.0 Å². The van der Waals surface area contributed by atoms with E-state index in [1.807, 2.05) is 6.07 Å². The molecule has 0 aliphatic carbocycles. The van der Waals surface area contributed by atoms with Crippen LogP contribution in [0.3, 0.4) is 0 Å². The highest BCUT2D eigenvalue weighted by molar-refractivity contribution is 14.0. The quantitative estimate of drug-likeness (QED) is 0.392. The number of guanidine groups is 1. The molecule has 0 atom stereocenters. The van der Waals surface area contributed by atoms with Crippen LogP contribution in [0.1, 0.15) is 5.56 Å². The highest BCUT2D eigenvalue weighted by Crippen LogP contribution is 2.10. The molecule has 19 heavy (non-hydrogen) atoms. The highest BCUT2D eigenvalue weighted by Gasteiger charge is 2.11. The molecule has 0 aliphatic heterocycles. The summed E-state index contributed by atoms with van der Waals surface area (Å²) in [4.78, 5) is 4.23. The molecule has 0 spiro atoms. The van der Waals surface area contributed by atoms with Gasteiger partial charge in [-0.3, -0.25) is 4.99 Å². The Hall–Kier alpha value is -0.870. The molecule has 1 aromatic carbocycles. The third-order valence-electron chi connectivity index (χ3n) is 2.40. The molecule has 0 unspecified atom stereocenters. The van der Waals surface area contributed by atoms with Gasteiger partial charge in [0.25, 0.3) is 0 Å². The van der Waals surface area contributed by atoms with Crippen molar-refractivity contribution in [1.82, 2.24) is 15.4 Å². The van der Waals surface area contributed by atoms with E-state index in [4.69, 9.17) is 0 Å². The molecule has 0 bridgehead atoms. The largest absolute Gasteiger partial charge is 0.359 e. The van der Waals surface area contributed by atoms with Gasteiger partial charge in [0.1, 0.15) is 0 Å². The zero-order valence-electron chi connectivity index (χ0n) is 11.1. The molecule has 0 saturated carbocycles. The van der Waals surface area contributed by atoms with Crippen molar-refractivity contribution in [3.8, 4) is 0 Å². The van der Waals surface area contributed by atoms with Crippen LogP contribution in [-0.2, 0) is 16.6 Å². The van der Waals surface area contributed by atoms with E-state index < -0.39 is 10.0 Å². The van der Waals surface area contributed by atoms with Gasteiger partial charge in [0.15, 0.2) is 5.96 Å². The smallest absolute Gasteiger partial charge is 0.240 e. The molecule has 0 fully saturated rings. The lowest BCUT2D eigenvalue weighted by Crippen LogP contribution is -2.34. The number of aliphatic imine (C=N–C) groups is 1. The first-order valence-corrected chi connectivity index (χ1v) is 6.92. The standard InChI is InChI=1S/C11H18N4O2S.HI/c1-12-11(13-2)15-8-9-5-4-6-10(7-9)18(16,17)14-3;/h4-7,14H,8H2,1-3H3,(H2,12,13,15);1H. The predicted molar refractivity (Wildman–Crippen MR) is 87.4 cm³/mol. The Kier molecular flexibility index (Phi) is 7.95. The van der Waals surface area contributed by atoms with Gasteiger partial charge in [-0.05, 0) is 24.7 Å². The Labute approximate surface area is 131 Å². The maximum Gasteiger partial charge on any atom is 0.240 e. The lowest BCUT2D eigenvalue weighted by molar-refractivity contribution is 0.588. The summed E-state index contributed by atoms with van der Waals surface area (Å²) in [6.45, 7) is 0.501. The first-order valence-electron chi connectivity index (χ1n) is 5.44. The van der Waals surface area contributed by atoms with Crippen molar-refractivity contribution in [3.05, 3.63) is 29.8 Å². The number of benzene rings is 1. The molecule has 0 aliphatic rings. The van der Waals surface area contributed by atoms with Crippen molar-refractivity contribution in [3.63, 3.8) is 0 Å². The van der Waals surface area contributed by atoms with Crippen LogP contribution in [0.5, 0.6) is 0 Å². The van der Waals surface area contributed by atoms with Crippen molar-refractivity contribution >= 4 is 40.0 Å². The second kappa shape index (κ2) is 8.33. The second-order valence-corrected chi connectivity index (χ2v) is 5.42. The van der Waals surface area contributed by atoms with Crippen LogP contribution in [0.15, 0.2) is 34.2 Å². The van der Waals surface area contributed by atoms with E-state index in [-0.39, 0.29) is 28.9 Å². The molecule has 1 rings (SSSR count). The first kappa shape index (κ1) is 18.1. The predicted octanol–water partition coefficient (Wildman–Crippen LogP) is 0.507. The fourth-order valence-corrected chi connectivity index (χ4v) is 2.21. The normalized spacial score (nSPS) is 11.6. The van der Waals surface area contributed by atoms with Crippen molar-refractivity contribution in [2.75, 3.05) is 21.1 Å². The summed E-state index contributed by atoms with van der Waals surface area (Å²) in [5, 5.41) is 5.94. The summed E-state index contributed by atoms with van der Waals surface area (Å²) < 4.78 is 25.6. The minimum atomic E-state index is -3.39. The Balaban J connectivity index is 0.00000324. The van der Waals surface area contributed by atoms with Crippen molar-refractivity contribution < 1.29 is 8.42 Å². The Morgan fingerprint density at radius 3 is 2.53 bits per heavy atom. The Bertz CT molecular complexity index is 531. The minimum Gasteiger partial charge on any atom is -0.359 e. The topological polar surface area (TPSA) is 82.6 Å². The van der Waals surface area contributed by atoms with E-state index in [0.29, 0.717) is 12.5 Å². The minimum absolute atomic E-state index is 0. The molecular formula is C11H19IN4O2S. The fraction of sp³-hybridized carbons (Fsp3) is 0.364. The average molecular weight is 398 g/mol. The SMILES string of the molecule is CN=C(NC)NCc1cccc(S(=O)(=O)NC)c1.I. The summed E-state index contributed by atoms with van der Waals surface area (Å²) in [5.74, 6) is 0.650. The zero-order valence-corrected chi connectivity index (χ0v) is 14.2. The molecule has 0 saturated heterocycles. The lowest BCUT2D eigenvalue weighted by atomic mass is 10.2. The molecule has 108 valence electrons. The number of hydrogen-bond donors (Lipinski definition) is 3. The van der Waals surface area contributed by atoms with Gasteiger partial charge in [0.05, 0.1) is 4.90 Å². The maximum atomic E-state index is 11.6. The highest BCUT2D eigenvalue weighted by atomic mass is 127. The second-order valence-electron chi connectivity index (χ2n) is 3.53. The Morgan fingerprint density at radius 1 is 1.32 bits per heavy atom. The van der Waals surface area contributed by atoms with Crippen molar-refractivity contribution in [2.45, 2.75) is 11.4 Å². The third kappa shape index (κ3) is 5.33. The summed E-state index contributed by atoms with van der Waals surface area (Å²) >= 11 is 0. The summed E-state index contributed by atoms with van der Waals surface area (Å²) in [7, 11) is 1.43. The summed E-state index contributed by atoms with van der Waals surface area (Å²) in [5.41, 5.74) is 0.864. The molecule has 6 nitrogen and oxygen atoms in total. The molecule has 8 heteroatoms. The van der Waals surface area contributed by atoms with Crippen LogP contribution in [-0.4, -0.2) is 35.5 Å². The average Bonchev–Trinajstić information content (AvgIpc) is 2.40. The van der Waals surface area contributed by atoms with Crippen LogP contribution < -0.4 is 15.4 Å². The van der Waals surface area contributed by atoms with Crippen LogP contribution in [0.25, 0.3) is 0 Å². The van der Waals surface area contributed by atoms with Gasteiger partial charge >= 0.3 is 0 Å². The molecule has 0 radical (unpaired) electrons. The number of halogens is 1. The van der Waals surface area contributed by atoms with Crippen LogP contribution in [0.4, 0.5) is 0 Å². The molecule has 3 N–H and O–H groups in total. The number of hydrogen-bond acceptors (Lipinski definition) is 3. The van der Waals surface area contributed by atoms with E-state index in [9.17, 15) is 8.42 Å². The number of rotatable bonds is 4. The monoisotopic (exact) mass is 398 g/mol. The Morgan fingerprint density at radius 2 is 2.00 bits per heavy atom. The van der Waals surface area contributed by atoms with Gasteiger partial charge in [0, 0.05) is 20.6 Å². The first-order chi connectivity index (χ1) is 8.53. The van der Waals surface area contributed by atoms with Gasteiger partial charge in [-0.25, -0.2) is 13.1 Å². The van der Waals surface area contributed by atoms with E-state index in [1.54, 1.807) is 32.3 Å². The number of sulfonamides is 1. The van der Waals surface area contributed by atoms with Gasteiger partial charge in [0.2, 0.25) is 10.0 Å². The summed E-state index contributed by atoms with van der Waals surface area (Å²) in [6.07, 6.45) is 0. The van der Waals surface area contributed by atoms with Gasteiger partial charge < -0.3 is 10.6 Å². The fourth-order valence-electron chi connectivity index (χ4n) is 1.41. The number of nitrogens with one attached hydrogen (secondary N) is 3. The molecule has 0 amide bonds. The lowest BCUT2D eigenvalue weighted by Gasteiger charge is -2.09. The third-order valence-corrected chi connectivity index (χ3v) is 3.81. The number of nitrogens with zero attached hydrogens (tertiary/aromatic N) is 1. The van der Waals surface area contributed by atoms with Crippen LogP contribution >= 0.6 is 24.0 Å². The molecular weight excluding hydrogens is 379 g/mol.